The molecule has 0 amide bonds. The first-order valence-electron chi connectivity index (χ1n) is 14.8. The van der Waals surface area contributed by atoms with Crippen LogP contribution in [0, 0.1) is 22.7 Å². The van der Waals surface area contributed by atoms with Gasteiger partial charge in [0, 0.05) is 6.42 Å². The van der Waals surface area contributed by atoms with Gasteiger partial charge in [-0.3, -0.25) is 9.59 Å². The Morgan fingerprint density at radius 2 is 1.06 bits per heavy atom. The Kier molecular flexibility index (Phi) is 17.7. The monoisotopic (exact) mass is 745 g/mol. The Morgan fingerprint density at radius 3 is 1.41 bits per heavy atom. The Labute approximate surface area is 290 Å². The molecular weight excluding hydrogens is 684 g/mol. The summed E-state index contributed by atoms with van der Waals surface area (Å²) in [6.45, 7) is 12.4. The van der Waals surface area contributed by atoms with Gasteiger partial charge in [0.05, 0.1) is 16.4 Å². The molecule has 4 rings (SSSR count). The Hall–Kier alpha value is -2.10. The van der Waals surface area contributed by atoms with E-state index in [1.54, 1.807) is 34.6 Å². The van der Waals surface area contributed by atoms with E-state index in [2.05, 4.69) is 0 Å². The summed E-state index contributed by atoms with van der Waals surface area (Å²) in [5.41, 5.74) is -10.3. The molecular formula is C33H61F6NO8S. The summed E-state index contributed by atoms with van der Waals surface area (Å²) < 4.78 is 114. The first kappa shape index (κ1) is 51.3. The molecule has 0 aromatic rings. The summed E-state index contributed by atoms with van der Waals surface area (Å²) >= 11 is 0. The normalized spacial score (nSPS) is 24.7. The molecule has 4 fully saturated rings. The lowest BCUT2D eigenvalue weighted by Crippen LogP contribution is -2.62. The van der Waals surface area contributed by atoms with E-state index in [4.69, 9.17) is 14.2 Å². The summed E-state index contributed by atoms with van der Waals surface area (Å²) in [6.07, 6.45) is -0.646. The Morgan fingerprint density at radius 1 is 0.694 bits per heavy atom. The van der Waals surface area contributed by atoms with Crippen molar-refractivity contribution in [2.24, 2.45) is 22.7 Å². The van der Waals surface area contributed by atoms with Gasteiger partial charge < -0.3 is 14.2 Å². The van der Waals surface area contributed by atoms with E-state index in [9.17, 15) is 49.1 Å². The summed E-state index contributed by atoms with van der Waals surface area (Å²) in [5, 5.41) is 0. The second-order valence-corrected chi connectivity index (χ2v) is 16.3. The lowest BCUT2D eigenvalue weighted by Gasteiger charge is -2.60. The van der Waals surface area contributed by atoms with Gasteiger partial charge in [-0.1, -0.05) is 43.6 Å². The third kappa shape index (κ3) is 12.9. The minimum absolute atomic E-state index is 0. The van der Waals surface area contributed by atoms with Crippen LogP contribution in [0.2, 0.25) is 0 Å². The molecule has 0 aliphatic heterocycles. The van der Waals surface area contributed by atoms with Crippen LogP contribution in [0.3, 0.4) is 0 Å². The lowest BCUT2D eigenvalue weighted by atomic mass is 9.52. The number of alkyl halides is 6. The molecule has 16 heteroatoms. The zero-order valence-corrected chi connectivity index (χ0v) is 27.8. The van der Waals surface area contributed by atoms with Gasteiger partial charge in [0.15, 0.2) is 0 Å². The van der Waals surface area contributed by atoms with Crippen LogP contribution < -0.4 is 4.72 Å². The van der Waals surface area contributed by atoms with Gasteiger partial charge in [-0.15, -0.1) is 0 Å². The molecule has 4 saturated carbocycles. The number of esters is 3. The van der Waals surface area contributed by atoms with Crippen LogP contribution in [0.1, 0.15) is 136 Å². The van der Waals surface area contributed by atoms with Gasteiger partial charge in [0.2, 0.25) is 0 Å². The number of sulfonamides is 1. The molecule has 0 aromatic heterocycles. The first-order chi connectivity index (χ1) is 20.0. The van der Waals surface area contributed by atoms with Crippen molar-refractivity contribution >= 4 is 27.9 Å². The topological polar surface area (TPSA) is 125 Å². The van der Waals surface area contributed by atoms with E-state index in [0.29, 0.717) is 38.5 Å². The number of ether oxygens (including phenoxy) is 3. The van der Waals surface area contributed by atoms with Crippen LogP contribution in [-0.2, 0) is 38.6 Å². The van der Waals surface area contributed by atoms with Crippen molar-refractivity contribution in [1.29, 1.82) is 0 Å². The van der Waals surface area contributed by atoms with Crippen molar-refractivity contribution in [2.45, 2.75) is 165 Å². The third-order valence-electron chi connectivity index (χ3n) is 8.96. The summed E-state index contributed by atoms with van der Waals surface area (Å²) in [4.78, 5) is 35.7. The van der Waals surface area contributed by atoms with E-state index >= 15 is 0 Å². The van der Waals surface area contributed by atoms with Gasteiger partial charge >= 0.3 is 39.6 Å². The molecule has 1 N–H and O–H groups in total. The average molecular weight is 746 g/mol. The molecule has 4 aliphatic rings. The number of nitrogens with one attached hydrogen (secondary N) is 1. The van der Waals surface area contributed by atoms with Crippen molar-refractivity contribution in [2.75, 3.05) is 6.61 Å². The smallest absolute Gasteiger partial charge is 0.463 e. The summed E-state index contributed by atoms with van der Waals surface area (Å²) in [5.74, 6) is -2.78. The zero-order valence-electron chi connectivity index (χ0n) is 27.0. The number of halogens is 6. The summed E-state index contributed by atoms with van der Waals surface area (Å²) in [6, 6.07) is 0. The van der Waals surface area contributed by atoms with Crippen molar-refractivity contribution < 1.29 is 63.4 Å². The largest absolute Gasteiger partial charge is 0.511 e. The van der Waals surface area contributed by atoms with Crippen molar-refractivity contribution in [1.82, 2.24) is 4.72 Å². The molecule has 49 heavy (non-hydrogen) atoms. The fourth-order valence-electron chi connectivity index (χ4n) is 6.11. The maximum absolute atomic E-state index is 12.7. The molecule has 0 saturated heterocycles. The van der Waals surface area contributed by atoms with Crippen molar-refractivity contribution in [3.63, 3.8) is 0 Å². The maximum atomic E-state index is 12.7. The fraction of sp³-hybridized carbons (Fsp3) is 0.909. The molecule has 0 spiro atoms. The van der Waals surface area contributed by atoms with Crippen LogP contribution in [0.15, 0.2) is 0 Å². The van der Waals surface area contributed by atoms with E-state index in [1.165, 1.54) is 18.6 Å². The van der Waals surface area contributed by atoms with Crippen molar-refractivity contribution in [3.05, 3.63) is 0 Å². The van der Waals surface area contributed by atoms with Gasteiger partial charge in [-0.2, -0.15) is 31.1 Å². The van der Waals surface area contributed by atoms with Gasteiger partial charge in [-0.25, -0.2) is 13.2 Å². The molecule has 0 aromatic carbocycles. The Bertz CT molecular complexity index is 1210. The van der Waals surface area contributed by atoms with Crippen LogP contribution in [0.4, 0.5) is 26.3 Å². The number of carbonyl (C=O) groups excluding carboxylic acids is 3. The van der Waals surface area contributed by atoms with Crippen LogP contribution >= 0.6 is 0 Å². The molecule has 2 unspecified atom stereocenters. The predicted octanol–water partition coefficient (Wildman–Crippen LogP) is 8.89. The van der Waals surface area contributed by atoms with Crippen LogP contribution in [0.5, 0.6) is 0 Å². The van der Waals surface area contributed by atoms with Crippen molar-refractivity contribution in [3.8, 4) is 0 Å². The fourth-order valence-corrected chi connectivity index (χ4v) is 7.01. The maximum Gasteiger partial charge on any atom is 0.511 e. The highest BCUT2D eigenvalue weighted by atomic mass is 32.2. The number of rotatable bonds is 10. The van der Waals surface area contributed by atoms with Crippen LogP contribution in [-0.4, -0.2) is 61.4 Å². The van der Waals surface area contributed by atoms with E-state index in [1.807, 2.05) is 6.92 Å². The zero-order chi connectivity index (χ0) is 35.1. The average Bonchev–Trinajstić information content (AvgIpc) is 2.84. The number of carbonyl (C=O) groups is 3. The molecule has 2 atom stereocenters. The minimum Gasteiger partial charge on any atom is -0.463 e. The molecule has 4 aliphatic carbocycles. The second-order valence-electron chi connectivity index (χ2n) is 14.6. The van der Waals surface area contributed by atoms with E-state index < -0.39 is 67.8 Å². The molecule has 294 valence electrons. The van der Waals surface area contributed by atoms with Gasteiger partial charge in [0.25, 0.3) is 0 Å². The summed E-state index contributed by atoms with van der Waals surface area (Å²) in [7, 11) is -5.49. The highest BCUT2D eigenvalue weighted by Gasteiger charge is 2.63. The third-order valence-corrected chi connectivity index (χ3v) is 10.4. The highest BCUT2D eigenvalue weighted by Crippen LogP contribution is 2.60. The van der Waals surface area contributed by atoms with Crippen LogP contribution in [0.25, 0.3) is 0 Å². The Balaban J connectivity index is -0.000000819. The molecule has 9 nitrogen and oxygen atoms in total. The number of hydrogen-bond donors (Lipinski definition) is 1. The molecule has 0 radical (unpaired) electrons. The first-order valence-corrected chi connectivity index (χ1v) is 16.3. The standard InChI is InChI=1S/C18H25F3O4.C11H20F3NO4S.4CH4/c1-4-15(2,3)13(22)24-16-6-11-5-12(7-16)9-17(8-11,10-16)25-14(23)18(19,20)21;1-6-9(2,3)8(16)19-7-10(4,5)15-20(17,18)11(12,13)14;;;;/h11-12H,4-10H2,1-3H3;15H,6-7H2,1-5H3;4*1H4. The van der Waals surface area contributed by atoms with E-state index in [0.717, 1.165) is 6.42 Å². The molecule has 4 bridgehead atoms. The second kappa shape index (κ2) is 16.9. The quantitative estimate of drug-likeness (QED) is 0.134. The van der Waals surface area contributed by atoms with E-state index in [-0.39, 0.29) is 53.9 Å². The molecule has 0 heterocycles. The SMILES string of the molecule is C.C.C.C.CCC(C)(C)C(=O)OC12CC3CC(CC(OC(=O)C(F)(F)F)(C3)C1)C2.CCC(C)(C)C(=O)OCC(C)(C)NS(=O)(=O)C(F)(F)F. The number of hydrogen-bond acceptors (Lipinski definition) is 8. The van der Waals surface area contributed by atoms with Gasteiger partial charge in [-0.05, 0) is 98.3 Å². The highest BCUT2D eigenvalue weighted by molar-refractivity contribution is 7.90. The lowest BCUT2D eigenvalue weighted by molar-refractivity contribution is -0.254. The van der Waals surface area contributed by atoms with Gasteiger partial charge in [0.1, 0.15) is 17.8 Å². The predicted molar refractivity (Wildman–Crippen MR) is 177 cm³/mol. The minimum atomic E-state index is -5.49.